The maximum atomic E-state index is 6.44. The Kier molecular flexibility index (Phi) is 4.73. The summed E-state index contributed by atoms with van der Waals surface area (Å²) >= 11 is 12.0. The lowest BCUT2D eigenvalue weighted by Gasteiger charge is -2.34. The second-order valence-corrected chi connectivity index (χ2v) is 8.20. The van der Waals surface area contributed by atoms with Crippen LogP contribution in [0.1, 0.15) is 26.6 Å². The largest absolute Gasteiger partial charge is 0.346 e. The molecule has 0 amide bonds. The van der Waals surface area contributed by atoms with E-state index in [2.05, 4.69) is 47.9 Å². The summed E-state index contributed by atoms with van der Waals surface area (Å²) in [6, 6.07) is 3.87. The van der Waals surface area contributed by atoms with Gasteiger partial charge in [-0.15, -0.1) is 0 Å². The van der Waals surface area contributed by atoms with E-state index in [1.807, 2.05) is 12.1 Å². The number of nitrogens with one attached hydrogen (secondary N) is 2. The molecule has 0 radical (unpaired) electrons. The van der Waals surface area contributed by atoms with Crippen LogP contribution in [0.2, 0.25) is 5.02 Å². The number of hydrogen-bond acceptors (Lipinski definition) is 3. The highest BCUT2D eigenvalue weighted by Gasteiger charge is 2.20. The number of rotatable bonds is 1. The van der Waals surface area contributed by atoms with Gasteiger partial charge >= 0.3 is 0 Å². The van der Waals surface area contributed by atoms with Crippen LogP contribution in [0.5, 0.6) is 0 Å². The minimum Gasteiger partial charge on any atom is -0.346 e. The van der Waals surface area contributed by atoms with Gasteiger partial charge in [0.15, 0.2) is 5.11 Å². The van der Waals surface area contributed by atoms with E-state index in [9.17, 15) is 0 Å². The number of likely N-dealkylation sites (N-methyl/N-ethyl adjacent to an activating group) is 1. The van der Waals surface area contributed by atoms with E-state index in [1.54, 1.807) is 0 Å². The molecule has 0 atom stereocenters. The molecule has 0 saturated carbocycles. The molecule has 1 saturated heterocycles. The summed E-state index contributed by atoms with van der Waals surface area (Å²) in [5.41, 5.74) is 2.61. The number of anilines is 1. The van der Waals surface area contributed by atoms with Crippen molar-refractivity contribution in [1.29, 1.82) is 0 Å². The molecule has 130 valence electrons. The maximum Gasteiger partial charge on any atom is 0.173 e. The Labute approximate surface area is 153 Å². The number of imidazole rings is 1. The van der Waals surface area contributed by atoms with E-state index >= 15 is 0 Å². The molecule has 2 heterocycles. The first-order valence-corrected chi connectivity index (χ1v) is 8.97. The zero-order valence-corrected chi connectivity index (χ0v) is 16.2. The number of benzene rings is 1. The van der Waals surface area contributed by atoms with Gasteiger partial charge in [-0.1, -0.05) is 32.4 Å². The SMILES string of the molecule is CN1CCN(C(=S)Nc2cc3nc(C(C)(C)C)[nH]c3cc2Cl)CC1. The van der Waals surface area contributed by atoms with Crippen LogP contribution in [0.15, 0.2) is 12.1 Å². The van der Waals surface area contributed by atoms with Gasteiger partial charge in [0.05, 0.1) is 21.7 Å². The third kappa shape index (κ3) is 3.66. The van der Waals surface area contributed by atoms with E-state index in [4.69, 9.17) is 28.8 Å². The molecule has 0 unspecified atom stereocenters. The summed E-state index contributed by atoms with van der Waals surface area (Å²) in [7, 11) is 2.13. The van der Waals surface area contributed by atoms with E-state index < -0.39 is 0 Å². The van der Waals surface area contributed by atoms with Gasteiger partial charge in [-0.25, -0.2) is 4.98 Å². The predicted molar refractivity (Wildman–Crippen MR) is 105 cm³/mol. The number of thiocarbonyl (C=S) groups is 1. The minimum atomic E-state index is -0.0335. The normalized spacial score (nSPS) is 16.6. The number of aromatic amines is 1. The van der Waals surface area contributed by atoms with Gasteiger partial charge in [-0.3, -0.25) is 0 Å². The Morgan fingerprint density at radius 2 is 1.92 bits per heavy atom. The monoisotopic (exact) mass is 365 g/mol. The topological polar surface area (TPSA) is 47.2 Å². The molecular formula is C17H24ClN5S. The molecule has 2 aromatic rings. The van der Waals surface area contributed by atoms with Gasteiger partial charge in [-0.05, 0) is 31.4 Å². The zero-order chi connectivity index (χ0) is 17.5. The Hall–Kier alpha value is -1.37. The van der Waals surface area contributed by atoms with Crippen LogP contribution in [0.25, 0.3) is 11.0 Å². The third-order valence-electron chi connectivity index (χ3n) is 4.31. The lowest BCUT2D eigenvalue weighted by atomic mass is 9.96. The number of halogens is 1. The molecule has 1 aliphatic rings. The average molecular weight is 366 g/mol. The van der Waals surface area contributed by atoms with Gasteiger partial charge in [0.25, 0.3) is 0 Å². The van der Waals surface area contributed by atoms with E-state index in [0.29, 0.717) is 5.02 Å². The Morgan fingerprint density at radius 3 is 2.54 bits per heavy atom. The van der Waals surface area contributed by atoms with Crippen LogP contribution >= 0.6 is 23.8 Å². The van der Waals surface area contributed by atoms with Crippen LogP contribution < -0.4 is 5.32 Å². The van der Waals surface area contributed by atoms with E-state index in [0.717, 1.165) is 53.8 Å². The van der Waals surface area contributed by atoms with E-state index in [1.165, 1.54) is 0 Å². The van der Waals surface area contributed by atoms with Gasteiger partial charge < -0.3 is 20.1 Å². The van der Waals surface area contributed by atoms with Crippen molar-refractivity contribution in [2.75, 3.05) is 38.5 Å². The second kappa shape index (κ2) is 6.50. The lowest BCUT2D eigenvalue weighted by molar-refractivity contribution is 0.217. The molecule has 1 aliphatic heterocycles. The fourth-order valence-corrected chi connectivity index (χ4v) is 3.19. The van der Waals surface area contributed by atoms with Crippen LogP contribution in [0.4, 0.5) is 5.69 Å². The minimum absolute atomic E-state index is 0.0335. The quantitative estimate of drug-likeness (QED) is 0.758. The molecule has 3 rings (SSSR count). The molecule has 1 aromatic heterocycles. The van der Waals surface area contributed by atoms with Crippen LogP contribution in [-0.4, -0.2) is 58.1 Å². The predicted octanol–water partition coefficient (Wildman–Crippen LogP) is 3.46. The maximum absolute atomic E-state index is 6.44. The number of piperazine rings is 1. The fraction of sp³-hybridized carbons (Fsp3) is 0.529. The number of nitrogens with zero attached hydrogens (tertiary/aromatic N) is 3. The molecule has 0 aliphatic carbocycles. The summed E-state index contributed by atoms with van der Waals surface area (Å²) in [4.78, 5) is 12.5. The molecule has 2 N–H and O–H groups in total. The first-order chi connectivity index (χ1) is 11.2. The molecule has 1 fully saturated rings. The summed E-state index contributed by atoms with van der Waals surface area (Å²) in [5, 5.41) is 4.65. The van der Waals surface area contributed by atoms with Crippen molar-refractivity contribution < 1.29 is 0 Å². The van der Waals surface area contributed by atoms with Crippen LogP contribution in [0, 0.1) is 0 Å². The molecule has 0 spiro atoms. The van der Waals surface area contributed by atoms with Crippen molar-refractivity contribution in [2.45, 2.75) is 26.2 Å². The molecular weight excluding hydrogens is 342 g/mol. The Balaban J connectivity index is 1.81. The van der Waals surface area contributed by atoms with Crippen LogP contribution in [0.3, 0.4) is 0 Å². The highest BCUT2D eigenvalue weighted by Crippen LogP contribution is 2.30. The highest BCUT2D eigenvalue weighted by atomic mass is 35.5. The first-order valence-electron chi connectivity index (χ1n) is 8.18. The lowest BCUT2D eigenvalue weighted by Crippen LogP contribution is -2.48. The second-order valence-electron chi connectivity index (χ2n) is 7.41. The molecule has 0 bridgehead atoms. The Morgan fingerprint density at radius 1 is 1.25 bits per heavy atom. The van der Waals surface area contributed by atoms with Crippen molar-refractivity contribution in [2.24, 2.45) is 0 Å². The number of hydrogen-bond donors (Lipinski definition) is 2. The zero-order valence-electron chi connectivity index (χ0n) is 14.6. The molecule has 24 heavy (non-hydrogen) atoms. The molecule has 5 nitrogen and oxygen atoms in total. The average Bonchev–Trinajstić information content (AvgIpc) is 2.91. The molecule has 1 aromatic carbocycles. The summed E-state index contributed by atoms with van der Waals surface area (Å²) in [6.07, 6.45) is 0. The number of fused-ring (bicyclic) bond motifs is 1. The van der Waals surface area contributed by atoms with Gasteiger partial charge in [0.2, 0.25) is 0 Å². The van der Waals surface area contributed by atoms with Gasteiger partial charge in [0.1, 0.15) is 5.82 Å². The number of aromatic nitrogens is 2. The van der Waals surface area contributed by atoms with Crippen molar-refractivity contribution in [3.63, 3.8) is 0 Å². The highest BCUT2D eigenvalue weighted by molar-refractivity contribution is 7.80. The first kappa shape index (κ1) is 17.5. The van der Waals surface area contributed by atoms with Crippen molar-refractivity contribution in [1.82, 2.24) is 19.8 Å². The smallest absolute Gasteiger partial charge is 0.173 e. The van der Waals surface area contributed by atoms with E-state index in [-0.39, 0.29) is 5.41 Å². The third-order valence-corrected chi connectivity index (χ3v) is 4.99. The molecule has 7 heteroatoms. The van der Waals surface area contributed by atoms with Gasteiger partial charge in [0, 0.05) is 31.6 Å². The summed E-state index contributed by atoms with van der Waals surface area (Å²) < 4.78 is 0. The van der Waals surface area contributed by atoms with Crippen LogP contribution in [-0.2, 0) is 5.41 Å². The van der Waals surface area contributed by atoms with Crippen molar-refractivity contribution in [3.8, 4) is 0 Å². The van der Waals surface area contributed by atoms with Gasteiger partial charge in [-0.2, -0.15) is 0 Å². The fourth-order valence-electron chi connectivity index (χ4n) is 2.69. The Bertz CT molecular complexity index is 756. The summed E-state index contributed by atoms with van der Waals surface area (Å²) in [5.74, 6) is 0.951. The number of H-pyrrole nitrogens is 1. The standard InChI is InChI=1S/C17H24ClN5S/c1-17(2,3)15-19-13-9-11(18)12(10-14(13)20-15)21-16(24)23-7-5-22(4)6-8-23/h9-10H,5-8H2,1-4H3,(H,19,20)(H,21,24). The summed E-state index contributed by atoms with van der Waals surface area (Å²) in [6.45, 7) is 10.3. The van der Waals surface area contributed by atoms with Crippen molar-refractivity contribution in [3.05, 3.63) is 23.0 Å². The van der Waals surface area contributed by atoms with Crippen molar-refractivity contribution >= 4 is 45.7 Å².